The molecule has 1 aromatic carbocycles. The van der Waals surface area contributed by atoms with Crippen LogP contribution in [-0.4, -0.2) is 24.0 Å². The Hall–Kier alpha value is -1.85. The van der Waals surface area contributed by atoms with E-state index in [9.17, 15) is 8.78 Å². The van der Waals surface area contributed by atoms with E-state index in [1.165, 1.54) is 4.90 Å². The van der Waals surface area contributed by atoms with Crippen LogP contribution in [0.3, 0.4) is 0 Å². The van der Waals surface area contributed by atoms with Gasteiger partial charge in [0.15, 0.2) is 5.58 Å². The van der Waals surface area contributed by atoms with E-state index in [0.29, 0.717) is 16.8 Å². The molecule has 1 aliphatic rings. The van der Waals surface area contributed by atoms with Crippen molar-refractivity contribution in [3.05, 3.63) is 23.9 Å². The molecule has 2 heterocycles. The lowest BCUT2D eigenvalue weighted by Crippen LogP contribution is -2.24. The molecule has 1 aliphatic heterocycles. The first-order chi connectivity index (χ1) is 8.03. The summed E-state index contributed by atoms with van der Waals surface area (Å²) in [5.74, 6) is -2.67. The highest BCUT2D eigenvalue weighted by molar-refractivity contribution is 5.78. The average Bonchev–Trinajstić information content (AvgIpc) is 2.80. The Morgan fingerprint density at radius 2 is 2.24 bits per heavy atom. The molecule has 1 fully saturated rings. The van der Waals surface area contributed by atoms with Crippen molar-refractivity contribution in [1.82, 2.24) is 4.98 Å². The fourth-order valence-corrected chi connectivity index (χ4v) is 1.95. The van der Waals surface area contributed by atoms with Gasteiger partial charge in [0.25, 0.3) is 11.9 Å². The zero-order valence-electron chi connectivity index (χ0n) is 8.91. The molecule has 0 atom stereocenters. The van der Waals surface area contributed by atoms with Gasteiger partial charge in [0.1, 0.15) is 5.52 Å². The molecule has 1 N–H and O–H groups in total. The Labute approximate surface area is 96.0 Å². The summed E-state index contributed by atoms with van der Waals surface area (Å²) < 4.78 is 31.5. The number of anilines is 1. The maximum atomic E-state index is 13.1. The van der Waals surface area contributed by atoms with Crippen LogP contribution < -0.4 is 4.90 Å². The summed E-state index contributed by atoms with van der Waals surface area (Å²) in [5.41, 5.74) is 8.82. The molecule has 1 saturated heterocycles. The van der Waals surface area contributed by atoms with Crippen LogP contribution in [0.5, 0.6) is 0 Å². The molecule has 1 aromatic heterocycles. The monoisotopic (exact) mass is 238 g/mol. The Kier molecular flexibility index (Phi) is 2.01. The van der Waals surface area contributed by atoms with Crippen LogP contribution in [-0.2, 0) is 0 Å². The molecule has 0 radical (unpaired) electrons. The average molecular weight is 238 g/mol. The van der Waals surface area contributed by atoms with Crippen LogP contribution >= 0.6 is 0 Å². The summed E-state index contributed by atoms with van der Waals surface area (Å²) >= 11 is 0. The van der Waals surface area contributed by atoms with Crippen molar-refractivity contribution in [2.45, 2.75) is 12.3 Å². The smallest absolute Gasteiger partial charge is 0.298 e. The molecule has 0 bridgehead atoms. The van der Waals surface area contributed by atoms with E-state index in [-0.39, 0.29) is 25.5 Å². The molecular formula is C11H10F2N3O-. The van der Waals surface area contributed by atoms with Crippen LogP contribution in [0.4, 0.5) is 20.5 Å². The highest BCUT2D eigenvalue weighted by Gasteiger charge is 2.39. The second-order valence-corrected chi connectivity index (χ2v) is 4.21. The van der Waals surface area contributed by atoms with Crippen LogP contribution in [0, 0.1) is 0 Å². The van der Waals surface area contributed by atoms with Crippen LogP contribution in [0.1, 0.15) is 6.42 Å². The van der Waals surface area contributed by atoms with Crippen LogP contribution in [0.2, 0.25) is 0 Å². The van der Waals surface area contributed by atoms with Crippen molar-refractivity contribution in [2.75, 3.05) is 18.0 Å². The fraction of sp³-hybridized carbons (Fsp3) is 0.364. The minimum Gasteiger partial charge on any atom is -0.699 e. The van der Waals surface area contributed by atoms with Gasteiger partial charge in [0.05, 0.1) is 6.54 Å². The summed E-state index contributed by atoms with van der Waals surface area (Å²) in [6, 6.07) is 4.97. The lowest BCUT2D eigenvalue weighted by molar-refractivity contribution is 0.0254. The van der Waals surface area contributed by atoms with E-state index in [0.717, 1.165) is 0 Å². The van der Waals surface area contributed by atoms with Gasteiger partial charge in [-0.15, -0.1) is 5.69 Å². The molecule has 0 saturated carbocycles. The van der Waals surface area contributed by atoms with Crippen molar-refractivity contribution in [2.24, 2.45) is 0 Å². The Morgan fingerprint density at radius 1 is 1.41 bits per heavy atom. The third kappa shape index (κ3) is 1.79. The molecule has 0 aliphatic carbocycles. The second-order valence-electron chi connectivity index (χ2n) is 4.21. The number of alkyl halides is 2. The maximum Gasteiger partial charge on any atom is 0.298 e. The topological polar surface area (TPSA) is 53.1 Å². The largest absolute Gasteiger partial charge is 0.699 e. The normalized spacial score (nSPS) is 19.1. The number of oxazole rings is 1. The highest BCUT2D eigenvalue weighted by Crippen LogP contribution is 2.32. The highest BCUT2D eigenvalue weighted by atomic mass is 19.3. The maximum absolute atomic E-state index is 13.1. The molecule has 3 rings (SSSR count). The second kappa shape index (κ2) is 3.32. The number of nitrogens with one attached hydrogen (secondary N) is 1. The zero-order chi connectivity index (χ0) is 12.0. The molecule has 2 aromatic rings. The van der Waals surface area contributed by atoms with E-state index < -0.39 is 5.92 Å². The zero-order valence-corrected chi connectivity index (χ0v) is 8.91. The molecule has 0 spiro atoms. The van der Waals surface area contributed by atoms with E-state index in [1.807, 2.05) is 0 Å². The van der Waals surface area contributed by atoms with Crippen molar-refractivity contribution >= 4 is 22.8 Å². The minimum absolute atomic E-state index is 0.171. The number of aromatic nitrogens is 1. The van der Waals surface area contributed by atoms with Gasteiger partial charge in [-0.3, -0.25) is 0 Å². The number of hydrogen-bond donors (Lipinski definition) is 0. The molecule has 90 valence electrons. The van der Waals surface area contributed by atoms with Crippen molar-refractivity contribution in [1.29, 1.82) is 0 Å². The summed E-state index contributed by atoms with van der Waals surface area (Å²) in [6.07, 6.45) is -0.171. The van der Waals surface area contributed by atoms with Gasteiger partial charge < -0.3 is 15.1 Å². The van der Waals surface area contributed by atoms with Gasteiger partial charge in [-0.25, -0.2) is 8.78 Å². The summed E-state index contributed by atoms with van der Waals surface area (Å²) in [6.45, 7) is -0.110. The standard InChI is InChI=1S/C11H10F2N3O/c12-11(13)3-4-16(6-11)10-15-8-5-7(14)1-2-9(8)17-10/h1-2,5,14H,3-4,6H2/q-1. The number of rotatable bonds is 1. The molecule has 0 amide bonds. The number of benzene rings is 1. The summed E-state index contributed by atoms with van der Waals surface area (Å²) in [5, 5.41) is 0. The predicted molar refractivity (Wildman–Crippen MR) is 59.8 cm³/mol. The van der Waals surface area contributed by atoms with Crippen molar-refractivity contribution in [3.63, 3.8) is 0 Å². The Bertz CT molecular complexity index is 567. The van der Waals surface area contributed by atoms with Crippen LogP contribution in [0.15, 0.2) is 22.6 Å². The van der Waals surface area contributed by atoms with Gasteiger partial charge in [-0.05, 0) is 12.1 Å². The number of fused-ring (bicyclic) bond motifs is 1. The lowest BCUT2D eigenvalue weighted by Gasteiger charge is -2.12. The van der Waals surface area contributed by atoms with Crippen molar-refractivity contribution in [3.8, 4) is 0 Å². The molecule has 6 heteroatoms. The summed E-state index contributed by atoms with van der Waals surface area (Å²) in [7, 11) is 0. The van der Waals surface area contributed by atoms with Crippen LogP contribution in [0.25, 0.3) is 16.8 Å². The SMILES string of the molecule is [NH-]c1ccc2oc(N3CCC(F)(F)C3)nc2c1. The number of hydrogen-bond acceptors (Lipinski definition) is 3. The first-order valence-electron chi connectivity index (χ1n) is 5.28. The summed E-state index contributed by atoms with van der Waals surface area (Å²) in [4.78, 5) is 5.56. The Balaban J connectivity index is 1.96. The van der Waals surface area contributed by atoms with Gasteiger partial charge in [-0.1, -0.05) is 6.07 Å². The quantitative estimate of drug-likeness (QED) is 0.765. The third-order valence-electron chi connectivity index (χ3n) is 2.82. The molecule has 4 nitrogen and oxygen atoms in total. The lowest BCUT2D eigenvalue weighted by atomic mass is 10.3. The minimum atomic E-state index is -2.67. The Morgan fingerprint density at radius 3 is 2.94 bits per heavy atom. The van der Waals surface area contributed by atoms with Gasteiger partial charge >= 0.3 is 0 Å². The molecular weight excluding hydrogens is 228 g/mol. The third-order valence-corrected chi connectivity index (χ3v) is 2.82. The first-order valence-corrected chi connectivity index (χ1v) is 5.28. The number of halogens is 2. The van der Waals surface area contributed by atoms with Gasteiger partial charge in [-0.2, -0.15) is 4.98 Å². The molecule has 17 heavy (non-hydrogen) atoms. The van der Waals surface area contributed by atoms with E-state index in [1.54, 1.807) is 18.2 Å². The van der Waals surface area contributed by atoms with E-state index in [4.69, 9.17) is 10.2 Å². The van der Waals surface area contributed by atoms with Crippen molar-refractivity contribution < 1.29 is 13.2 Å². The van der Waals surface area contributed by atoms with E-state index >= 15 is 0 Å². The van der Waals surface area contributed by atoms with Gasteiger partial charge in [0, 0.05) is 13.0 Å². The fourth-order valence-electron chi connectivity index (χ4n) is 1.95. The van der Waals surface area contributed by atoms with Gasteiger partial charge in [0.2, 0.25) is 0 Å². The number of nitrogens with zero attached hydrogens (tertiary/aromatic N) is 2. The predicted octanol–water partition coefficient (Wildman–Crippen LogP) is 3.36. The molecule has 0 unspecified atom stereocenters. The first kappa shape index (κ1) is 10.3. The van der Waals surface area contributed by atoms with E-state index in [2.05, 4.69) is 4.98 Å².